The molecule has 1 aliphatic rings. The van der Waals surface area contributed by atoms with Gasteiger partial charge in [0.05, 0.1) is 17.3 Å². The number of amides is 2. The molecule has 1 aromatic heterocycles. The molecule has 4 N–H and O–H groups in total. The highest BCUT2D eigenvalue weighted by Gasteiger charge is 2.25. The fourth-order valence-electron chi connectivity index (χ4n) is 4.16. The highest BCUT2D eigenvalue weighted by molar-refractivity contribution is 7.10. The molecule has 8 nitrogen and oxygen atoms in total. The van der Waals surface area contributed by atoms with Crippen LogP contribution in [0.5, 0.6) is 5.75 Å². The average Bonchev–Trinajstić information content (AvgIpc) is 3.39. The van der Waals surface area contributed by atoms with Crippen LogP contribution in [0.1, 0.15) is 66.7 Å². The zero-order chi connectivity index (χ0) is 25.4. The van der Waals surface area contributed by atoms with Gasteiger partial charge in [-0.05, 0) is 42.8 Å². The second-order valence-electron chi connectivity index (χ2n) is 8.86. The van der Waals surface area contributed by atoms with Gasteiger partial charge in [-0.15, -0.1) is 11.3 Å². The number of hydrogen-bond donors (Lipinski definition) is 4. The van der Waals surface area contributed by atoms with Crippen LogP contribution in [-0.2, 0) is 9.59 Å². The molecule has 9 heteroatoms. The van der Waals surface area contributed by atoms with Crippen molar-refractivity contribution in [1.82, 2.24) is 15.5 Å². The first-order valence-electron chi connectivity index (χ1n) is 12.0. The lowest BCUT2D eigenvalue weighted by Crippen LogP contribution is -2.40. The number of para-hydroxylation sites is 1. The Balaban J connectivity index is 1.98. The number of benzene rings is 1. The van der Waals surface area contributed by atoms with Crippen LogP contribution in [0, 0.1) is 0 Å². The van der Waals surface area contributed by atoms with Crippen LogP contribution in [0.25, 0.3) is 0 Å². The van der Waals surface area contributed by atoms with Gasteiger partial charge in [0, 0.05) is 25.0 Å². The molecule has 2 aromatic rings. The van der Waals surface area contributed by atoms with Gasteiger partial charge in [0.25, 0.3) is 11.8 Å². The molecule has 0 bridgehead atoms. The lowest BCUT2D eigenvalue weighted by Gasteiger charge is -2.25. The predicted octanol–water partition coefficient (Wildman–Crippen LogP) is 4.17. The molecule has 188 valence electrons. The lowest BCUT2D eigenvalue weighted by atomic mass is 9.95. The van der Waals surface area contributed by atoms with Crippen LogP contribution in [-0.4, -0.2) is 48.2 Å². The van der Waals surface area contributed by atoms with Crippen LogP contribution in [0.3, 0.4) is 0 Å². The summed E-state index contributed by atoms with van der Waals surface area (Å²) in [6.07, 6.45) is 6.32. The third-order valence-electron chi connectivity index (χ3n) is 6.11. The number of rotatable bonds is 10. The first-order valence-corrected chi connectivity index (χ1v) is 12.8. The Labute approximate surface area is 210 Å². The molecule has 3 rings (SSSR count). The van der Waals surface area contributed by atoms with Gasteiger partial charge in [0.15, 0.2) is 12.0 Å². The minimum absolute atomic E-state index is 0.00494. The van der Waals surface area contributed by atoms with Gasteiger partial charge in [-0.1, -0.05) is 38.3 Å². The van der Waals surface area contributed by atoms with Crippen molar-refractivity contribution in [3.05, 3.63) is 57.5 Å². The van der Waals surface area contributed by atoms with E-state index in [1.165, 1.54) is 11.0 Å². The second kappa shape index (κ2) is 12.4. The third-order valence-corrected chi connectivity index (χ3v) is 7.10. The number of phenolic OH excluding ortho intramolecular Hbond substituents is 1. The molecular weight excluding hydrogens is 464 g/mol. The number of nitrogens with one attached hydrogen (secondary N) is 3. The number of carbonyl (C=O) groups is 3. The topological polar surface area (TPSA) is 111 Å². The molecule has 0 saturated heterocycles. The summed E-state index contributed by atoms with van der Waals surface area (Å²) in [5, 5.41) is 22.0. The van der Waals surface area contributed by atoms with Gasteiger partial charge in [-0.2, -0.15) is 0 Å². The zero-order valence-electron chi connectivity index (χ0n) is 20.5. The van der Waals surface area contributed by atoms with Gasteiger partial charge >= 0.3 is 0 Å². The number of carbonyl (C=O) groups excluding carboxylic acids is 3. The highest BCUT2D eigenvalue weighted by Crippen LogP contribution is 2.30. The molecule has 1 saturated carbocycles. The van der Waals surface area contributed by atoms with E-state index in [4.69, 9.17) is 0 Å². The van der Waals surface area contributed by atoms with E-state index < -0.39 is 5.91 Å². The maximum Gasteiger partial charge on any atom is 0.270 e. The van der Waals surface area contributed by atoms with E-state index in [2.05, 4.69) is 16.0 Å². The number of phenols is 1. The smallest absolute Gasteiger partial charge is 0.270 e. The van der Waals surface area contributed by atoms with Crippen molar-refractivity contribution in [1.29, 1.82) is 0 Å². The number of allylic oxidation sites excluding steroid dienone is 1. The SMILES string of the molecule is CC[C@@H](N/C(C=O)=C(\Nc1cccc(C(=O)N(C)C)c1O)C(=O)NC1CCCCC1)c1cccs1. The second-order valence-corrected chi connectivity index (χ2v) is 9.84. The van der Waals surface area contributed by atoms with Crippen molar-refractivity contribution in [2.45, 2.75) is 57.5 Å². The van der Waals surface area contributed by atoms with Gasteiger partial charge in [0.1, 0.15) is 11.4 Å². The molecule has 1 aliphatic carbocycles. The van der Waals surface area contributed by atoms with Gasteiger partial charge in [0.2, 0.25) is 0 Å². The largest absolute Gasteiger partial charge is 0.505 e. The summed E-state index contributed by atoms with van der Waals surface area (Å²) in [4.78, 5) is 40.6. The van der Waals surface area contributed by atoms with Crippen molar-refractivity contribution < 1.29 is 19.5 Å². The predicted molar refractivity (Wildman–Crippen MR) is 138 cm³/mol. The summed E-state index contributed by atoms with van der Waals surface area (Å²) in [6.45, 7) is 2.00. The van der Waals surface area contributed by atoms with Crippen LogP contribution in [0.15, 0.2) is 47.1 Å². The van der Waals surface area contributed by atoms with E-state index in [-0.39, 0.29) is 46.4 Å². The van der Waals surface area contributed by atoms with Gasteiger partial charge in [-0.25, -0.2) is 0 Å². The van der Waals surface area contributed by atoms with Crippen LogP contribution < -0.4 is 16.0 Å². The molecule has 0 aliphatic heterocycles. The number of nitrogens with zero attached hydrogens (tertiary/aromatic N) is 1. The monoisotopic (exact) mass is 498 g/mol. The number of aromatic hydroxyl groups is 1. The maximum absolute atomic E-state index is 13.4. The van der Waals surface area contributed by atoms with Gasteiger partial charge < -0.3 is 26.0 Å². The molecule has 1 atom stereocenters. The zero-order valence-corrected chi connectivity index (χ0v) is 21.3. The molecule has 35 heavy (non-hydrogen) atoms. The number of hydrogen-bond acceptors (Lipinski definition) is 7. The number of aldehydes is 1. The Hall–Kier alpha value is -3.33. The Morgan fingerprint density at radius 2 is 1.91 bits per heavy atom. The lowest BCUT2D eigenvalue weighted by molar-refractivity contribution is -0.118. The molecular formula is C26H34N4O4S. The Bertz CT molecular complexity index is 1060. The van der Waals surface area contributed by atoms with E-state index in [0.717, 1.165) is 37.0 Å². The first-order chi connectivity index (χ1) is 16.8. The molecule has 0 spiro atoms. The Kier molecular flexibility index (Phi) is 9.31. The van der Waals surface area contributed by atoms with Crippen LogP contribution in [0.2, 0.25) is 0 Å². The molecule has 1 fully saturated rings. The van der Waals surface area contributed by atoms with Gasteiger partial charge in [-0.3, -0.25) is 14.4 Å². The van der Waals surface area contributed by atoms with Crippen molar-refractivity contribution in [3.8, 4) is 5.75 Å². The average molecular weight is 499 g/mol. The van der Waals surface area contributed by atoms with Crippen molar-refractivity contribution in [3.63, 3.8) is 0 Å². The Morgan fingerprint density at radius 1 is 1.17 bits per heavy atom. The summed E-state index contributed by atoms with van der Waals surface area (Å²) < 4.78 is 0. The minimum Gasteiger partial charge on any atom is -0.505 e. The van der Waals surface area contributed by atoms with E-state index in [0.29, 0.717) is 12.7 Å². The summed E-state index contributed by atoms with van der Waals surface area (Å²) in [7, 11) is 3.18. The van der Waals surface area contributed by atoms with E-state index >= 15 is 0 Å². The van der Waals surface area contributed by atoms with Crippen LogP contribution in [0.4, 0.5) is 5.69 Å². The number of thiophene rings is 1. The van der Waals surface area contributed by atoms with Crippen molar-refractivity contribution >= 4 is 35.1 Å². The minimum atomic E-state index is -0.434. The summed E-state index contributed by atoms with van der Waals surface area (Å²) in [6, 6.07) is 8.47. The number of anilines is 1. The fourth-order valence-corrected chi connectivity index (χ4v) is 5.02. The summed E-state index contributed by atoms with van der Waals surface area (Å²) in [5.74, 6) is -1.10. The van der Waals surface area contributed by atoms with Crippen molar-refractivity contribution in [2.75, 3.05) is 19.4 Å². The summed E-state index contributed by atoms with van der Waals surface area (Å²) in [5.41, 5.74) is 0.349. The molecule has 0 unspecified atom stereocenters. The highest BCUT2D eigenvalue weighted by atomic mass is 32.1. The quantitative estimate of drug-likeness (QED) is 0.222. The van der Waals surface area contributed by atoms with E-state index in [1.54, 1.807) is 37.6 Å². The molecule has 2 amide bonds. The van der Waals surface area contributed by atoms with Crippen molar-refractivity contribution in [2.24, 2.45) is 0 Å². The third kappa shape index (κ3) is 6.63. The first kappa shape index (κ1) is 26.3. The molecule has 1 aromatic carbocycles. The maximum atomic E-state index is 13.4. The van der Waals surface area contributed by atoms with Crippen LogP contribution >= 0.6 is 11.3 Å². The van der Waals surface area contributed by atoms with E-state index in [1.807, 2.05) is 24.4 Å². The summed E-state index contributed by atoms with van der Waals surface area (Å²) >= 11 is 1.57. The molecule has 0 radical (unpaired) electrons. The van der Waals surface area contributed by atoms with E-state index in [9.17, 15) is 19.5 Å². The fraction of sp³-hybridized carbons (Fsp3) is 0.423. The Morgan fingerprint density at radius 3 is 2.51 bits per heavy atom. The standard InChI is InChI=1S/C26H34N4O4S/c1-4-19(22-14-9-15-35-22)28-21(16-31)23(25(33)27-17-10-6-5-7-11-17)29-20-13-8-12-18(24(20)32)26(34)30(2)3/h8-9,12-17,19,28-29,32H,4-7,10-11H2,1-3H3,(H,27,33)/b23-21-/t19-/m1/s1. The molecule has 1 heterocycles. The normalized spacial score (nSPS) is 15.5.